The monoisotopic (exact) mass is 1470 g/mol. The lowest BCUT2D eigenvalue weighted by Crippen LogP contribution is -2.43. The second-order valence-electron chi connectivity index (χ2n) is 39.7. The molecule has 2 rings (SSSR count). The molecule has 0 fully saturated rings. The minimum atomic E-state index is -4.12. The first-order valence-electron chi connectivity index (χ1n) is 33.8. The molecule has 0 aliphatic rings. The van der Waals surface area contributed by atoms with Gasteiger partial charge in [-0.3, -0.25) is 0 Å². The van der Waals surface area contributed by atoms with Gasteiger partial charge in [-0.2, -0.15) is 65.9 Å². The largest absolute Gasteiger partial charge is 0.394 e. The molecule has 0 unspecified atom stereocenters. The van der Waals surface area contributed by atoms with E-state index in [4.69, 9.17) is 0 Å². The van der Waals surface area contributed by atoms with Crippen LogP contribution in [-0.2, 0) is 12.8 Å². The molecule has 596 valence electrons. The van der Waals surface area contributed by atoms with Crippen LogP contribution >= 0.6 is 0 Å². The minimum absolute atomic E-state index is 0.188. The van der Waals surface area contributed by atoms with Gasteiger partial charge in [-0.1, -0.05) is 345 Å². The highest BCUT2D eigenvalue weighted by atomic mass is 19.4. The molecule has 0 nitrogen and oxygen atoms in total. The SMILES string of the molecule is CC(C)(C)C(C)(C)C.CC(C)(C)C(C)(C)C(F)(F)F.CC(C)(C)C(C)(C)C(F)(F)F.CC(C)(C)C(C)(C)C(F)(F)F.CC(C)(C)C(C)(C)C(F)(F)F.CC(C)(C)C(C)(C)C(F)(F)F.CC(C)(C)C(C)(C)Cc1ccccc1.CC(C)(C)C(C)(C)Cc1ccccc1.CC(F)(F)C(C)(F)F. The first-order chi connectivity index (χ1) is 41.7. The van der Waals surface area contributed by atoms with Gasteiger partial charge in [0, 0.05) is 13.8 Å². The molecule has 0 aliphatic heterocycles. The normalized spacial score (nSPS) is 14.4. The van der Waals surface area contributed by atoms with Crippen molar-refractivity contribution in [1.82, 2.24) is 0 Å². The summed E-state index contributed by atoms with van der Waals surface area (Å²) in [5.74, 6) is -7.79. The molecule has 99 heavy (non-hydrogen) atoms. The Balaban J connectivity index is -0.000000193. The average Bonchev–Trinajstić information content (AvgIpc) is 0.815. The van der Waals surface area contributed by atoms with Crippen molar-refractivity contribution in [2.45, 2.75) is 353 Å². The molecule has 0 aromatic heterocycles. The van der Waals surface area contributed by atoms with Crippen LogP contribution in [0, 0.1) is 86.6 Å². The van der Waals surface area contributed by atoms with Crippen molar-refractivity contribution in [2.75, 3.05) is 0 Å². The van der Waals surface area contributed by atoms with E-state index in [1.807, 2.05) is 0 Å². The van der Waals surface area contributed by atoms with Crippen molar-refractivity contribution in [3.63, 3.8) is 0 Å². The van der Waals surface area contributed by atoms with Crippen LogP contribution in [0.25, 0.3) is 0 Å². The summed E-state index contributed by atoms with van der Waals surface area (Å²) in [6.45, 7) is 73.5. The van der Waals surface area contributed by atoms with Crippen LogP contribution in [-0.4, -0.2) is 42.7 Å². The van der Waals surface area contributed by atoms with Gasteiger partial charge in [0.15, 0.2) is 0 Å². The average molecular weight is 1470 g/mol. The van der Waals surface area contributed by atoms with E-state index in [9.17, 15) is 83.4 Å². The first kappa shape index (κ1) is 109. The summed E-state index contributed by atoms with van der Waals surface area (Å²) in [6, 6.07) is 21.5. The third kappa shape index (κ3) is 37.1. The van der Waals surface area contributed by atoms with Gasteiger partial charge in [0.2, 0.25) is 0 Å². The van der Waals surface area contributed by atoms with E-state index in [-0.39, 0.29) is 13.8 Å². The highest BCUT2D eigenvalue weighted by Crippen LogP contribution is 2.54. The molecule has 19 heteroatoms. The third-order valence-electron chi connectivity index (χ3n) is 23.0. The molecule has 0 N–H and O–H groups in total. The van der Waals surface area contributed by atoms with Crippen molar-refractivity contribution in [2.24, 2.45) is 86.6 Å². The molecule has 0 amide bonds. The fourth-order valence-corrected chi connectivity index (χ4v) is 4.87. The van der Waals surface area contributed by atoms with Gasteiger partial charge in [0.25, 0.3) is 0 Å². The Morgan fingerprint density at radius 1 is 0.172 bits per heavy atom. The van der Waals surface area contributed by atoms with Crippen molar-refractivity contribution in [1.29, 1.82) is 0 Å². The Bertz CT molecular complexity index is 2080. The van der Waals surface area contributed by atoms with Gasteiger partial charge in [-0.25, -0.2) is 17.6 Å². The summed E-state index contributed by atoms with van der Waals surface area (Å²) in [7, 11) is 0. The van der Waals surface area contributed by atoms with Gasteiger partial charge < -0.3 is 0 Å². The maximum Gasteiger partial charge on any atom is 0.394 e. The molecular formula is C80H143F19. The molecule has 0 aliphatic carbocycles. The predicted octanol–water partition coefficient (Wildman–Crippen LogP) is 32.1. The van der Waals surface area contributed by atoms with Crippen LogP contribution in [0.15, 0.2) is 60.7 Å². The van der Waals surface area contributed by atoms with Crippen LogP contribution in [0.3, 0.4) is 0 Å². The molecule has 0 bridgehead atoms. The standard InChI is InChI=1S/2C14H22.5C8H15F3.C8H18.C4H6F4/c2*1-13(2,3)14(4,5)11-12-9-7-6-8-10-12;5*1-6(2,3)7(4,5)8(9,10)11;1-7(2,3)8(4,5)6;1-3(5,6)4(2,7)8/h2*6-10H,11H2,1-5H3;5*1-5H3;1-6H3;1-2H3. The van der Waals surface area contributed by atoms with E-state index < -0.39 is 96.9 Å². The van der Waals surface area contributed by atoms with E-state index >= 15 is 0 Å². The maximum absolute atomic E-state index is 12.3. The number of hydrogen-bond donors (Lipinski definition) is 0. The van der Waals surface area contributed by atoms with E-state index in [1.54, 1.807) is 104 Å². The molecule has 0 spiro atoms. The van der Waals surface area contributed by atoms with Gasteiger partial charge in [-0.05, 0) is 83.5 Å². The van der Waals surface area contributed by atoms with Gasteiger partial charge in [0.1, 0.15) is 0 Å². The number of alkyl halides is 19. The summed E-state index contributed by atoms with van der Waals surface area (Å²) in [5.41, 5.74) is -6.72. The highest BCUT2D eigenvalue weighted by Gasteiger charge is 2.58. The molecule has 2 aromatic rings. The molecule has 0 saturated heterocycles. The Hall–Kier alpha value is -2.89. The quantitative estimate of drug-likeness (QED) is 0.262. The summed E-state index contributed by atoms with van der Waals surface area (Å²) in [5, 5.41) is 0. The fraction of sp³-hybridized carbons (Fsp3) is 0.850. The molecule has 0 heterocycles. The number of halogens is 19. The Kier molecular flexibility index (Phi) is 39.7. The smallest absolute Gasteiger partial charge is 0.200 e. The van der Waals surface area contributed by atoms with Crippen molar-refractivity contribution < 1.29 is 83.4 Å². The molecule has 0 atom stereocenters. The van der Waals surface area contributed by atoms with Gasteiger partial charge in [-0.15, -0.1) is 0 Å². The number of rotatable bonds is 5. The highest BCUT2D eigenvalue weighted by molar-refractivity contribution is 5.18. The second-order valence-corrected chi connectivity index (χ2v) is 39.7. The van der Waals surface area contributed by atoms with Crippen LogP contribution in [0.1, 0.15) is 309 Å². The number of benzene rings is 2. The maximum atomic E-state index is 12.3. The molecule has 2 aromatic carbocycles. The lowest BCUT2D eigenvalue weighted by atomic mass is 9.66. The van der Waals surface area contributed by atoms with Crippen LogP contribution in [0.4, 0.5) is 83.4 Å². The lowest BCUT2D eigenvalue weighted by molar-refractivity contribution is -0.244. The van der Waals surface area contributed by atoms with E-state index in [0.717, 1.165) is 12.8 Å². The Morgan fingerprint density at radius 3 is 0.354 bits per heavy atom. The van der Waals surface area contributed by atoms with Crippen LogP contribution in [0.2, 0.25) is 0 Å². The van der Waals surface area contributed by atoms with Crippen molar-refractivity contribution >= 4 is 0 Å². The summed E-state index contributed by atoms with van der Waals surface area (Å²) >= 11 is 0. The molecule has 0 radical (unpaired) electrons. The van der Waals surface area contributed by atoms with Gasteiger partial charge >= 0.3 is 42.7 Å². The van der Waals surface area contributed by atoms with Crippen molar-refractivity contribution in [3.8, 4) is 0 Å². The van der Waals surface area contributed by atoms with E-state index in [1.165, 1.54) is 80.4 Å². The first-order valence-corrected chi connectivity index (χ1v) is 33.8. The zero-order valence-electron chi connectivity index (χ0n) is 69.9. The zero-order chi connectivity index (χ0) is 83.1. The summed E-state index contributed by atoms with van der Waals surface area (Å²) < 4.78 is 231. The van der Waals surface area contributed by atoms with E-state index in [2.05, 4.69) is 171 Å². The second kappa shape index (κ2) is 35.9. The Morgan fingerprint density at radius 2 is 0.293 bits per heavy atom. The zero-order valence-corrected chi connectivity index (χ0v) is 69.9. The minimum Gasteiger partial charge on any atom is -0.200 e. The lowest BCUT2D eigenvalue weighted by Gasteiger charge is -2.40. The summed E-state index contributed by atoms with van der Waals surface area (Å²) in [4.78, 5) is 0. The van der Waals surface area contributed by atoms with E-state index in [0.29, 0.717) is 32.5 Å². The third-order valence-corrected chi connectivity index (χ3v) is 23.0. The number of hydrogen-bond acceptors (Lipinski definition) is 0. The topological polar surface area (TPSA) is 0 Å². The van der Waals surface area contributed by atoms with Crippen LogP contribution < -0.4 is 0 Å². The van der Waals surface area contributed by atoms with Crippen LogP contribution in [0.5, 0.6) is 0 Å². The van der Waals surface area contributed by atoms with Crippen molar-refractivity contribution in [3.05, 3.63) is 71.8 Å². The van der Waals surface area contributed by atoms with Gasteiger partial charge in [0.05, 0.1) is 27.1 Å². The Labute approximate surface area is 592 Å². The summed E-state index contributed by atoms with van der Waals surface area (Å²) in [6.07, 6.45) is -18.3. The molecule has 0 saturated carbocycles. The predicted molar refractivity (Wildman–Crippen MR) is 383 cm³/mol. The fourth-order valence-electron chi connectivity index (χ4n) is 4.87. The molecular weight excluding hydrogens is 1320 g/mol.